The summed E-state index contributed by atoms with van der Waals surface area (Å²) in [6, 6.07) is 8.00. The molecule has 0 fully saturated rings. The zero-order chi connectivity index (χ0) is 11.4. The number of hydrogen-bond donors (Lipinski definition) is 2. The molecule has 0 aliphatic carbocycles. The molecule has 0 saturated carbocycles. The lowest BCUT2D eigenvalue weighted by molar-refractivity contribution is 0.771. The molecular weight excluding hydrogens is 200 g/mol. The van der Waals surface area contributed by atoms with E-state index in [1.165, 1.54) is 0 Å². The maximum atomic E-state index is 5.68. The minimum Gasteiger partial charge on any atom is -0.326 e. The minimum absolute atomic E-state index is 0.524. The van der Waals surface area contributed by atoms with Crippen LogP contribution in [0.1, 0.15) is 12.5 Å². The molecule has 3 N–H and O–H groups in total. The van der Waals surface area contributed by atoms with Crippen LogP contribution < -0.4 is 11.1 Å². The highest BCUT2D eigenvalue weighted by Gasteiger charge is 2.04. The predicted molar refractivity (Wildman–Crippen MR) is 65.5 cm³/mol. The Kier molecular flexibility index (Phi) is 3.22. The first-order valence-electron chi connectivity index (χ1n) is 5.41. The van der Waals surface area contributed by atoms with Gasteiger partial charge in [-0.05, 0) is 18.6 Å². The Morgan fingerprint density at radius 1 is 1.38 bits per heavy atom. The van der Waals surface area contributed by atoms with Crippen LogP contribution in [0.25, 0.3) is 0 Å². The second-order valence-electron chi connectivity index (χ2n) is 3.52. The molecule has 0 unspecified atom stereocenters. The quantitative estimate of drug-likeness (QED) is 0.823. The van der Waals surface area contributed by atoms with E-state index >= 15 is 0 Å². The molecule has 4 nitrogen and oxygen atoms in total. The summed E-state index contributed by atoms with van der Waals surface area (Å²) in [5.74, 6) is 0.850. The van der Waals surface area contributed by atoms with Crippen molar-refractivity contribution in [2.24, 2.45) is 5.73 Å². The van der Waals surface area contributed by atoms with E-state index < -0.39 is 0 Å². The van der Waals surface area contributed by atoms with Crippen LogP contribution in [0, 0.1) is 0 Å². The molecule has 0 atom stereocenters. The van der Waals surface area contributed by atoms with Crippen molar-refractivity contribution in [1.82, 2.24) is 9.55 Å². The molecule has 0 saturated heterocycles. The number of hydrogen-bond acceptors (Lipinski definition) is 3. The lowest BCUT2D eigenvalue weighted by Gasteiger charge is -2.11. The lowest BCUT2D eigenvalue weighted by atomic mass is 10.2. The van der Waals surface area contributed by atoms with Gasteiger partial charge in [0.05, 0.1) is 0 Å². The number of anilines is 2. The third-order valence-corrected chi connectivity index (χ3v) is 2.54. The van der Waals surface area contributed by atoms with Crippen molar-refractivity contribution < 1.29 is 0 Å². The summed E-state index contributed by atoms with van der Waals surface area (Å²) in [5, 5.41) is 3.29. The Labute approximate surface area is 95.1 Å². The molecule has 84 valence electrons. The van der Waals surface area contributed by atoms with Crippen LogP contribution in [0.3, 0.4) is 0 Å². The first kappa shape index (κ1) is 10.7. The number of aromatic nitrogens is 2. The SMILES string of the molecule is CCn1ccnc1Nc1ccccc1CN. The predicted octanol–water partition coefficient (Wildman–Crippen LogP) is 2.11. The normalized spacial score (nSPS) is 10.4. The van der Waals surface area contributed by atoms with Gasteiger partial charge in [0.15, 0.2) is 0 Å². The van der Waals surface area contributed by atoms with E-state index in [1.54, 1.807) is 6.20 Å². The van der Waals surface area contributed by atoms with E-state index in [4.69, 9.17) is 5.73 Å². The second-order valence-corrected chi connectivity index (χ2v) is 3.52. The summed E-state index contributed by atoms with van der Waals surface area (Å²) in [4.78, 5) is 4.27. The average Bonchev–Trinajstić information content (AvgIpc) is 2.77. The molecule has 2 aromatic rings. The van der Waals surface area contributed by atoms with Gasteiger partial charge in [0, 0.05) is 31.2 Å². The van der Waals surface area contributed by atoms with Gasteiger partial charge >= 0.3 is 0 Å². The monoisotopic (exact) mass is 216 g/mol. The number of benzene rings is 1. The van der Waals surface area contributed by atoms with E-state index in [0.717, 1.165) is 23.7 Å². The number of para-hydroxylation sites is 1. The number of rotatable bonds is 4. The minimum atomic E-state index is 0.524. The summed E-state index contributed by atoms with van der Waals surface area (Å²) in [5.41, 5.74) is 7.79. The molecule has 0 radical (unpaired) electrons. The maximum Gasteiger partial charge on any atom is 0.207 e. The Balaban J connectivity index is 2.26. The van der Waals surface area contributed by atoms with Crippen molar-refractivity contribution >= 4 is 11.6 Å². The summed E-state index contributed by atoms with van der Waals surface area (Å²) < 4.78 is 2.05. The van der Waals surface area contributed by atoms with Crippen LogP contribution in [-0.2, 0) is 13.1 Å². The molecule has 0 bridgehead atoms. The van der Waals surface area contributed by atoms with Crippen LogP contribution in [0.15, 0.2) is 36.7 Å². The van der Waals surface area contributed by atoms with Crippen molar-refractivity contribution in [1.29, 1.82) is 0 Å². The molecule has 0 amide bonds. The van der Waals surface area contributed by atoms with E-state index in [2.05, 4.69) is 17.2 Å². The molecule has 1 aromatic carbocycles. The van der Waals surface area contributed by atoms with E-state index in [1.807, 2.05) is 35.0 Å². The lowest BCUT2D eigenvalue weighted by Crippen LogP contribution is -2.05. The Morgan fingerprint density at radius 3 is 2.94 bits per heavy atom. The van der Waals surface area contributed by atoms with Gasteiger partial charge in [-0.25, -0.2) is 4.98 Å². The number of aryl methyl sites for hydroxylation is 1. The molecule has 4 heteroatoms. The number of imidazole rings is 1. The fraction of sp³-hybridized carbons (Fsp3) is 0.250. The molecule has 0 aliphatic heterocycles. The van der Waals surface area contributed by atoms with Crippen LogP contribution in [0.2, 0.25) is 0 Å². The summed E-state index contributed by atoms with van der Waals surface area (Å²) >= 11 is 0. The van der Waals surface area contributed by atoms with Gasteiger partial charge < -0.3 is 15.6 Å². The van der Waals surface area contributed by atoms with Crippen LogP contribution in [0.4, 0.5) is 11.6 Å². The van der Waals surface area contributed by atoms with Crippen molar-refractivity contribution in [3.8, 4) is 0 Å². The van der Waals surface area contributed by atoms with Crippen LogP contribution in [0.5, 0.6) is 0 Å². The fourth-order valence-corrected chi connectivity index (χ4v) is 1.63. The van der Waals surface area contributed by atoms with E-state index in [0.29, 0.717) is 6.54 Å². The van der Waals surface area contributed by atoms with Gasteiger partial charge in [0.25, 0.3) is 0 Å². The van der Waals surface area contributed by atoms with Gasteiger partial charge in [-0.1, -0.05) is 18.2 Å². The molecule has 1 heterocycles. The highest BCUT2D eigenvalue weighted by atomic mass is 15.2. The summed E-state index contributed by atoms with van der Waals surface area (Å²) in [7, 11) is 0. The standard InChI is InChI=1S/C12H16N4/c1-2-16-8-7-14-12(16)15-11-6-4-3-5-10(11)9-13/h3-8H,2,9,13H2,1H3,(H,14,15). The fourth-order valence-electron chi connectivity index (χ4n) is 1.63. The zero-order valence-electron chi connectivity index (χ0n) is 9.35. The van der Waals surface area contributed by atoms with Gasteiger partial charge in [-0.15, -0.1) is 0 Å². The second kappa shape index (κ2) is 4.81. The third-order valence-electron chi connectivity index (χ3n) is 2.54. The van der Waals surface area contributed by atoms with Gasteiger partial charge in [0.1, 0.15) is 0 Å². The Hall–Kier alpha value is -1.81. The molecule has 0 aliphatic rings. The summed E-state index contributed by atoms with van der Waals surface area (Å²) in [6.07, 6.45) is 3.74. The van der Waals surface area contributed by atoms with E-state index in [9.17, 15) is 0 Å². The van der Waals surface area contributed by atoms with Crippen molar-refractivity contribution in [2.45, 2.75) is 20.0 Å². The molecular formula is C12H16N4. The van der Waals surface area contributed by atoms with Gasteiger partial charge in [-0.3, -0.25) is 0 Å². The summed E-state index contributed by atoms with van der Waals surface area (Å²) in [6.45, 7) is 3.50. The Bertz CT molecular complexity index is 462. The number of nitrogens with one attached hydrogen (secondary N) is 1. The highest BCUT2D eigenvalue weighted by molar-refractivity contribution is 5.58. The van der Waals surface area contributed by atoms with Crippen molar-refractivity contribution in [3.63, 3.8) is 0 Å². The van der Waals surface area contributed by atoms with Gasteiger partial charge in [-0.2, -0.15) is 0 Å². The topological polar surface area (TPSA) is 55.9 Å². The smallest absolute Gasteiger partial charge is 0.207 e. The van der Waals surface area contributed by atoms with Crippen molar-refractivity contribution in [2.75, 3.05) is 5.32 Å². The van der Waals surface area contributed by atoms with Gasteiger partial charge in [0.2, 0.25) is 5.95 Å². The first-order valence-corrected chi connectivity index (χ1v) is 5.41. The molecule has 0 spiro atoms. The maximum absolute atomic E-state index is 5.68. The van der Waals surface area contributed by atoms with E-state index in [-0.39, 0.29) is 0 Å². The number of nitrogens with two attached hydrogens (primary N) is 1. The highest BCUT2D eigenvalue weighted by Crippen LogP contribution is 2.19. The largest absolute Gasteiger partial charge is 0.326 e. The van der Waals surface area contributed by atoms with Crippen LogP contribution >= 0.6 is 0 Å². The number of nitrogens with zero attached hydrogens (tertiary/aromatic N) is 2. The third kappa shape index (κ3) is 2.06. The first-order chi connectivity index (χ1) is 7.85. The van der Waals surface area contributed by atoms with Crippen molar-refractivity contribution in [3.05, 3.63) is 42.2 Å². The Morgan fingerprint density at radius 2 is 2.19 bits per heavy atom. The average molecular weight is 216 g/mol. The molecule has 1 aromatic heterocycles. The zero-order valence-corrected chi connectivity index (χ0v) is 9.35. The van der Waals surface area contributed by atoms with Crippen LogP contribution in [-0.4, -0.2) is 9.55 Å². The molecule has 16 heavy (non-hydrogen) atoms. The molecule has 2 rings (SSSR count).